The van der Waals surface area contributed by atoms with Crippen LogP contribution >= 0.6 is 0 Å². The van der Waals surface area contributed by atoms with E-state index in [0.29, 0.717) is 24.6 Å². The molecule has 3 aromatic rings. The van der Waals surface area contributed by atoms with Crippen LogP contribution in [0.1, 0.15) is 30.0 Å². The molecule has 0 aliphatic carbocycles. The van der Waals surface area contributed by atoms with E-state index in [9.17, 15) is 13.2 Å². The smallest absolute Gasteiger partial charge is 0.264 e. The molecule has 3 rings (SSSR count). The third-order valence-corrected chi connectivity index (χ3v) is 7.20. The lowest BCUT2D eigenvalue weighted by molar-refractivity contribution is -0.119. The number of anilines is 1. The van der Waals surface area contributed by atoms with E-state index in [1.54, 1.807) is 24.3 Å². The lowest BCUT2D eigenvalue weighted by Gasteiger charge is -2.24. The molecule has 0 saturated heterocycles. The number of sulfonamides is 1. The van der Waals surface area contributed by atoms with E-state index in [1.165, 1.54) is 23.3 Å². The number of benzene rings is 3. The molecule has 0 aromatic heterocycles. The number of hydrogen-bond donors (Lipinski definition) is 1. The third kappa shape index (κ3) is 6.84. The van der Waals surface area contributed by atoms with Crippen molar-refractivity contribution in [1.82, 2.24) is 5.32 Å². The minimum Gasteiger partial charge on any atom is -0.494 e. The lowest BCUT2D eigenvalue weighted by Crippen LogP contribution is -2.41. The normalized spacial score (nSPS) is 11.1. The van der Waals surface area contributed by atoms with Gasteiger partial charge in [-0.3, -0.25) is 9.10 Å². The molecule has 0 unspecified atom stereocenters. The Morgan fingerprint density at radius 1 is 0.882 bits per heavy atom. The summed E-state index contributed by atoms with van der Waals surface area (Å²) in [4.78, 5) is 12.8. The van der Waals surface area contributed by atoms with Crippen molar-refractivity contribution in [1.29, 1.82) is 0 Å². The topological polar surface area (TPSA) is 75.7 Å². The van der Waals surface area contributed by atoms with Gasteiger partial charge < -0.3 is 10.1 Å². The van der Waals surface area contributed by atoms with Crippen LogP contribution in [0.25, 0.3) is 0 Å². The fourth-order valence-electron chi connectivity index (χ4n) is 3.49. The van der Waals surface area contributed by atoms with Gasteiger partial charge in [-0.15, -0.1) is 0 Å². The zero-order valence-electron chi connectivity index (χ0n) is 20.0. The minimum atomic E-state index is -3.95. The summed E-state index contributed by atoms with van der Waals surface area (Å²) < 4.78 is 33.5. The zero-order chi connectivity index (χ0) is 24.6. The van der Waals surface area contributed by atoms with Gasteiger partial charge in [0.2, 0.25) is 5.91 Å². The van der Waals surface area contributed by atoms with E-state index in [-0.39, 0.29) is 17.3 Å². The molecule has 0 bridgehead atoms. The Hall–Kier alpha value is -3.32. The second-order valence-electron chi connectivity index (χ2n) is 8.19. The van der Waals surface area contributed by atoms with Crippen molar-refractivity contribution in [2.24, 2.45) is 0 Å². The molecule has 6 nitrogen and oxygen atoms in total. The Morgan fingerprint density at radius 2 is 1.47 bits per heavy atom. The molecule has 0 aliphatic heterocycles. The number of carbonyl (C=O) groups is 1. The van der Waals surface area contributed by atoms with E-state index < -0.39 is 10.0 Å². The largest absolute Gasteiger partial charge is 0.494 e. The van der Waals surface area contributed by atoms with Crippen LogP contribution in [0.15, 0.2) is 77.7 Å². The van der Waals surface area contributed by atoms with Gasteiger partial charge in [0.1, 0.15) is 12.3 Å². The van der Waals surface area contributed by atoms with Gasteiger partial charge in [0.05, 0.1) is 17.2 Å². The van der Waals surface area contributed by atoms with Gasteiger partial charge in [0.25, 0.3) is 10.0 Å². The fourth-order valence-corrected chi connectivity index (χ4v) is 4.91. The van der Waals surface area contributed by atoms with Crippen molar-refractivity contribution >= 4 is 21.6 Å². The SMILES string of the molecule is CCOc1ccc(S(=O)(=O)N(CC(=O)NCCCc2ccc(C)cc2)c2ccc(C)cc2)cc1. The Balaban J connectivity index is 1.70. The lowest BCUT2D eigenvalue weighted by atomic mass is 10.1. The molecule has 7 heteroatoms. The monoisotopic (exact) mass is 480 g/mol. The Morgan fingerprint density at radius 3 is 2.06 bits per heavy atom. The van der Waals surface area contributed by atoms with Crippen LogP contribution in [0, 0.1) is 13.8 Å². The molecular weight excluding hydrogens is 448 g/mol. The molecule has 0 spiro atoms. The Bertz CT molecular complexity index is 1170. The van der Waals surface area contributed by atoms with E-state index in [1.807, 2.05) is 32.9 Å². The van der Waals surface area contributed by atoms with Crippen molar-refractivity contribution in [3.63, 3.8) is 0 Å². The molecule has 0 radical (unpaired) electrons. The van der Waals surface area contributed by atoms with Crippen LogP contribution < -0.4 is 14.4 Å². The van der Waals surface area contributed by atoms with Gasteiger partial charge in [0.15, 0.2) is 0 Å². The van der Waals surface area contributed by atoms with E-state index in [0.717, 1.165) is 22.7 Å². The minimum absolute atomic E-state index is 0.101. The van der Waals surface area contributed by atoms with Gasteiger partial charge >= 0.3 is 0 Å². The molecule has 0 saturated carbocycles. The second-order valence-corrected chi connectivity index (χ2v) is 10.1. The molecule has 1 amide bonds. The fraction of sp³-hybridized carbons (Fsp3) is 0.296. The highest BCUT2D eigenvalue weighted by atomic mass is 32.2. The summed E-state index contributed by atoms with van der Waals surface area (Å²) in [7, 11) is -3.95. The number of carbonyl (C=O) groups excluding carboxylic acids is 1. The van der Waals surface area contributed by atoms with Gasteiger partial charge in [-0.05, 0) is 75.6 Å². The second kappa shape index (κ2) is 11.7. The van der Waals surface area contributed by atoms with Crippen molar-refractivity contribution in [3.8, 4) is 5.75 Å². The highest BCUT2D eigenvalue weighted by molar-refractivity contribution is 7.92. The Labute approximate surface area is 202 Å². The maximum absolute atomic E-state index is 13.5. The molecule has 0 aliphatic rings. The highest BCUT2D eigenvalue weighted by Gasteiger charge is 2.27. The summed E-state index contributed by atoms with van der Waals surface area (Å²) in [6.45, 7) is 6.50. The van der Waals surface area contributed by atoms with E-state index in [2.05, 4.69) is 29.6 Å². The van der Waals surface area contributed by atoms with Crippen molar-refractivity contribution in [3.05, 3.63) is 89.5 Å². The van der Waals surface area contributed by atoms with Crippen LogP contribution in [0.2, 0.25) is 0 Å². The van der Waals surface area contributed by atoms with Crippen LogP contribution in [0.4, 0.5) is 5.69 Å². The summed E-state index contributed by atoms with van der Waals surface area (Å²) in [6.07, 6.45) is 1.61. The summed E-state index contributed by atoms with van der Waals surface area (Å²) in [5, 5.41) is 2.86. The van der Waals surface area contributed by atoms with Crippen molar-refractivity contribution in [2.75, 3.05) is 24.0 Å². The maximum Gasteiger partial charge on any atom is 0.264 e. The van der Waals surface area contributed by atoms with Crippen LogP contribution in [0.3, 0.4) is 0 Å². The van der Waals surface area contributed by atoms with Crippen LogP contribution in [-0.4, -0.2) is 34.0 Å². The van der Waals surface area contributed by atoms with E-state index in [4.69, 9.17) is 4.74 Å². The molecule has 1 N–H and O–H groups in total. The van der Waals surface area contributed by atoms with Gasteiger partial charge in [-0.25, -0.2) is 8.42 Å². The third-order valence-electron chi connectivity index (χ3n) is 5.42. The average Bonchev–Trinajstić information content (AvgIpc) is 2.83. The predicted molar refractivity (Wildman–Crippen MR) is 136 cm³/mol. The van der Waals surface area contributed by atoms with Crippen molar-refractivity contribution < 1.29 is 17.9 Å². The molecule has 34 heavy (non-hydrogen) atoms. The molecule has 3 aromatic carbocycles. The maximum atomic E-state index is 13.5. The molecule has 180 valence electrons. The molecule has 0 atom stereocenters. The Kier molecular flexibility index (Phi) is 8.71. The summed E-state index contributed by atoms with van der Waals surface area (Å²) in [6, 6.07) is 21.6. The first kappa shape index (κ1) is 25.3. The van der Waals surface area contributed by atoms with Crippen LogP contribution in [-0.2, 0) is 21.2 Å². The number of nitrogens with zero attached hydrogens (tertiary/aromatic N) is 1. The highest BCUT2D eigenvalue weighted by Crippen LogP contribution is 2.25. The van der Waals surface area contributed by atoms with E-state index >= 15 is 0 Å². The zero-order valence-corrected chi connectivity index (χ0v) is 20.8. The summed E-state index contributed by atoms with van der Waals surface area (Å²) >= 11 is 0. The predicted octanol–water partition coefficient (Wildman–Crippen LogP) is 4.65. The van der Waals surface area contributed by atoms with Gasteiger partial charge in [-0.1, -0.05) is 47.5 Å². The standard InChI is InChI=1S/C27H32N2O4S/c1-4-33-25-15-17-26(18-16-25)34(31,32)29(24-13-9-22(3)10-14-24)20-27(30)28-19-5-6-23-11-7-21(2)8-12-23/h7-18H,4-6,19-20H2,1-3H3,(H,28,30). The van der Waals surface area contributed by atoms with Gasteiger partial charge in [-0.2, -0.15) is 0 Å². The number of hydrogen-bond acceptors (Lipinski definition) is 4. The quantitative estimate of drug-likeness (QED) is 0.406. The molecule has 0 fully saturated rings. The summed E-state index contributed by atoms with van der Waals surface area (Å²) in [5.74, 6) is 0.244. The first-order valence-corrected chi connectivity index (χ1v) is 12.9. The molecule has 0 heterocycles. The average molecular weight is 481 g/mol. The van der Waals surface area contributed by atoms with Crippen LogP contribution in [0.5, 0.6) is 5.75 Å². The number of rotatable bonds is 11. The first-order valence-electron chi connectivity index (χ1n) is 11.4. The molecular formula is C27H32N2O4S. The summed E-state index contributed by atoms with van der Waals surface area (Å²) in [5.41, 5.74) is 3.86. The number of amides is 1. The number of ether oxygens (including phenoxy) is 1. The van der Waals surface area contributed by atoms with Gasteiger partial charge in [0, 0.05) is 6.54 Å². The number of nitrogens with one attached hydrogen (secondary N) is 1. The van der Waals surface area contributed by atoms with Crippen molar-refractivity contribution in [2.45, 2.75) is 38.5 Å². The first-order chi connectivity index (χ1) is 16.3. The number of aryl methyl sites for hydroxylation is 3.